The van der Waals surface area contributed by atoms with Crippen LogP contribution >= 0.6 is 0 Å². The van der Waals surface area contributed by atoms with E-state index in [0.29, 0.717) is 6.42 Å². The second-order valence-corrected chi connectivity index (χ2v) is 7.31. The van der Waals surface area contributed by atoms with Crippen LogP contribution in [0.4, 0.5) is 4.79 Å². The first-order chi connectivity index (χ1) is 11.9. The fraction of sp³-hybridized carbons (Fsp3) is 0.765. The van der Waals surface area contributed by atoms with Gasteiger partial charge >= 0.3 is 12.1 Å². The van der Waals surface area contributed by atoms with Crippen molar-refractivity contribution in [3.63, 3.8) is 0 Å². The summed E-state index contributed by atoms with van der Waals surface area (Å²) in [4.78, 5) is 47.6. The number of rotatable bonds is 9. The fourth-order valence-electron chi connectivity index (χ4n) is 2.06. The second-order valence-electron chi connectivity index (χ2n) is 7.31. The van der Waals surface area contributed by atoms with Crippen molar-refractivity contribution < 1.29 is 28.7 Å². The molecule has 26 heavy (non-hydrogen) atoms. The normalized spacial score (nSPS) is 13.5. The molecule has 9 heteroatoms. The summed E-state index contributed by atoms with van der Waals surface area (Å²) < 4.78 is 10.00. The maximum Gasteiger partial charge on any atom is 0.408 e. The van der Waals surface area contributed by atoms with Crippen LogP contribution in [0.5, 0.6) is 0 Å². The zero-order valence-corrected chi connectivity index (χ0v) is 16.4. The van der Waals surface area contributed by atoms with E-state index in [9.17, 15) is 19.2 Å². The summed E-state index contributed by atoms with van der Waals surface area (Å²) in [5.74, 6) is -2.06. The van der Waals surface area contributed by atoms with Crippen molar-refractivity contribution >= 4 is 23.9 Å². The van der Waals surface area contributed by atoms with Crippen LogP contribution in [0.3, 0.4) is 0 Å². The number of hydrogen-bond donors (Lipinski definition) is 3. The third-order valence-electron chi connectivity index (χ3n) is 3.01. The molecule has 0 aromatic heterocycles. The van der Waals surface area contributed by atoms with Crippen molar-refractivity contribution in [3.8, 4) is 0 Å². The van der Waals surface area contributed by atoms with Crippen molar-refractivity contribution in [1.82, 2.24) is 10.6 Å². The molecule has 150 valence electrons. The van der Waals surface area contributed by atoms with Gasteiger partial charge in [-0.15, -0.1) is 0 Å². The SMILES string of the molecule is CCOC(=O)[C@H](CC(N)=O)NC(=O)[C@H](CC(C)C)NC(=O)OC(C)(C)C. The highest BCUT2D eigenvalue weighted by Gasteiger charge is 2.30. The lowest BCUT2D eigenvalue weighted by Crippen LogP contribution is -2.53. The molecule has 0 aromatic rings. The van der Waals surface area contributed by atoms with Crippen LogP contribution in [0.15, 0.2) is 0 Å². The van der Waals surface area contributed by atoms with Gasteiger partial charge in [-0.3, -0.25) is 9.59 Å². The molecule has 0 radical (unpaired) electrons. The lowest BCUT2D eigenvalue weighted by molar-refractivity contribution is -0.148. The van der Waals surface area contributed by atoms with Crippen molar-refractivity contribution in [2.24, 2.45) is 11.7 Å². The minimum absolute atomic E-state index is 0.0814. The number of nitrogens with two attached hydrogens (primary N) is 1. The summed E-state index contributed by atoms with van der Waals surface area (Å²) in [5, 5.41) is 4.91. The number of hydrogen-bond acceptors (Lipinski definition) is 6. The number of alkyl carbamates (subject to hydrolysis) is 1. The standard InChI is InChI=1S/C17H31N3O6/c1-7-25-15(23)12(9-13(18)21)19-14(22)11(8-10(2)3)20-16(24)26-17(4,5)6/h10-12H,7-9H2,1-6H3,(H2,18,21)(H,19,22)(H,20,24)/t11-,12-/m0/s1. The van der Waals surface area contributed by atoms with Crippen LogP contribution in [0.2, 0.25) is 0 Å². The Balaban J connectivity index is 5.15. The Bertz CT molecular complexity index is 513. The van der Waals surface area contributed by atoms with E-state index in [4.69, 9.17) is 15.2 Å². The molecule has 0 spiro atoms. The van der Waals surface area contributed by atoms with Gasteiger partial charge in [-0.1, -0.05) is 13.8 Å². The van der Waals surface area contributed by atoms with E-state index in [1.54, 1.807) is 27.7 Å². The van der Waals surface area contributed by atoms with Crippen LogP contribution in [-0.4, -0.2) is 48.2 Å². The molecular weight excluding hydrogens is 342 g/mol. The summed E-state index contributed by atoms with van der Waals surface area (Å²) in [6.07, 6.45) is -0.830. The highest BCUT2D eigenvalue weighted by molar-refractivity contribution is 5.92. The van der Waals surface area contributed by atoms with E-state index in [2.05, 4.69) is 10.6 Å². The number of amides is 3. The lowest BCUT2D eigenvalue weighted by atomic mass is 10.0. The summed E-state index contributed by atoms with van der Waals surface area (Å²) >= 11 is 0. The molecule has 0 unspecified atom stereocenters. The summed E-state index contributed by atoms with van der Waals surface area (Å²) in [6, 6.07) is -2.15. The molecule has 0 aromatic carbocycles. The van der Waals surface area contributed by atoms with Crippen LogP contribution in [0.25, 0.3) is 0 Å². The smallest absolute Gasteiger partial charge is 0.408 e. The Morgan fingerprint density at radius 3 is 2.04 bits per heavy atom. The van der Waals surface area contributed by atoms with Gasteiger partial charge in [-0.2, -0.15) is 0 Å². The number of nitrogens with one attached hydrogen (secondary N) is 2. The number of carbonyl (C=O) groups excluding carboxylic acids is 4. The van der Waals surface area contributed by atoms with Gasteiger partial charge in [0.25, 0.3) is 0 Å². The first-order valence-corrected chi connectivity index (χ1v) is 8.60. The molecule has 0 rings (SSSR count). The van der Waals surface area contributed by atoms with Gasteiger partial charge < -0.3 is 25.8 Å². The molecule has 2 atom stereocenters. The molecule has 0 fully saturated rings. The van der Waals surface area contributed by atoms with E-state index in [0.717, 1.165) is 0 Å². The van der Waals surface area contributed by atoms with E-state index in [-0.39, 0.29) is 12.5 Å². The predicted molar refractivity (Wildman–Crippen MR) is 95.0 cm³/mol. The van der Waals surface area contributed by atoms with Gasteiger partial charge in [0.05, 0.1) is 13.0 Å². The third kappa shape index (κ3) is 10.5. The maximum absolute atomic E-state index is 12.5. The number of esters is 1. The highest BCUT2D eigenvalue weighted by Crippen LogP contribution is 2.10. The second kappa shape index (κ2) is 10.6. The molecule has 0 saturated heterocycles. The van der Waals surface area contributed by atoms with Gasteiger partial charge in [0.2, 0.25) is 11.8 Å². The largest absolute Gasteiger partial charge is 0.464 e. The topological polar surface area (TPSA) is 137 Å². The Kier molecular flexibility index (Phi) is 9.67. The van der Waals surface area contributed by atoms with Crippen molar-refractivity contribution in [2.75, 3.05) is 6.61 Å². The monoisotopic (exact) mass is 373 g/mol. The molecule has 4 N–H and O–H groups in total. The molecule has 0 aliphatic rings. The molecule has 0 aliphatic heterocycles. The first kappa shape index (κ1) is 23.7. The number of primary amides is 1. The van der Waals surface area contributed by atoms with Gasteiger partial charge in [-0.05, 0) is 40.0 Å². The zero-order chi connectivity index (χ0) is 20.5. The van der Waals surface area contributed by atoms with Gasteiger partial charge in [0.15, 0.2) is 0 Å². The van der Waals surface area contributed by atoms with Crippen LogP contribution in [0, 0.1) is 5.92 Å². The third-order valence-corrected chi connectivity index (χ3v) is 3.01. The molecule has 0 saturated carbocycles. The average molecular weight is 373 g/mol. The maximum atomic E-state index is 12.5. The Morgan fingerprint density at radius 1 is 1.04 bits per heavy atom. The van der Waals surface area contributed by atoms with E-state index >= 15 is 0 Å². The van der Waals surface area contributed by atoms with Gasteiger partial charge in [0.1, 0.15) is 17.7 Å². The van der Waals surface area contributed by atoms with Crippen molar-refractivity contribution in [3.05, 3.63) is 0 Å². The number of carbonyl (C=O) groups is 4. The lowest BCUT2D eigenvalue weighted by Gasteiger charge is -2.25. The molecule has 9 nitrogen and oxygen atoms in total. The highest BCUT2D eigenvalue weighted by atomic mass is 16.6. The van der Waals surface area contributed by atoms with E-state index in [1.807, 2.05) is 13.8 Å². The van der Waals surface area contributed by atoms with Crippen LogP contribution in [0.1, 0.15) is 54.4 Å². The molecular formula is C17H31N3O6. The van der Waals surface area contributed by atoms with Crippen LogP contribution in [-0.2, 0) is 23.9 Å². The minimum atomic E-state index is -1.21. The molecule has 0 bridgehead atoms. The molecule has 0 heterocycles. The number of ether oxygens (including phenoxy) is 2. The zero-order valence-electron chi connectivity index (χ0n) is 16.4. The van der Waals surface area contributed by atoms with E-state index < -0.39 is 48.0 Å². The van der Waals surface area contributed by atoms with Gasteiger partial charge in [-0.25, -0.2) is 9.59 Å². The van der Waals surface area contributed by atoms with E-state index in [1.165, 1.54) is 0 Å². The Morgan fingerprint density at radius 2 is 1.62 bits per heavy atom. The predicted octanol–water partition coefficient (Wildman–Crippen LogP) is 0.849. The van der Waals surface area contributed by atoms with Gasteiger partial charge in [0, 0.05) is 0 Å². The quantitative estimate of drug-likeness (QED) is 0.512. The fourth-order valence-corrected chi connectivity index (χ4v) is 2.06. The molecule has 0 aliphatic carbocycles. The summed E-state index contributed by atoms with van der Waals surface area (Å²) in [5.41, 5.74) is 4.40. The average Bonchev–Trinajstić information content (AvgIpc) is 2.42. The Hall–Kier alpha value is -2.32. The Labute approximate surface area is 154 Å². The van der Waals surface area contributed by atoms with Crippen LogP contribution < -0.4 is 16.4 Å². The molecule has 3 amide bonds. The van der Waals surface area contributed by atoms with Crippen molar-refractivity contribution in [1.29, 1.82) is 0 Å². The van der Waals surface area contributed by atoms with Crippen molar-refractivity contribution in [2.45, 2.75) is 72.1 Å². The minimum Gasteiger partial charge on any atom is -0.464 e. The first-order valence-electron chi connectivity index (χ1n) is 8.60. The summed E-state index contributed by atoms with van der Waals surface area (Å²) in [6.45, 7) is 10.6. The summed E-state index contributed by atoms with van der Waals surface area (Å²) in [7, 11) is 0.